The van der Waals surface area contributed by atoms with Crippen LogP contribution in [0.5, 0.6) is 0 Å². The van der Waals surface area contributed by atoms with Gasteiger partial charge in [-0.25, -0.2) is 0 Å². The molecule has 9 rings (SSSR count). The van der Waals surface area contributed by atoms with Gasteiger partial charge < -0.3 is 0 Å². The molecule has 0 aliphatic heterocycles. The second kappa shape index (κ2) is 5.86. The fourth-order valence-electron chi connectivity index (χ4n) is 10.6. The molecule has 150 valence electrons. The summed E-state index contributed by atoms with van der Waals surface area (Å²) in [5, 5.41) is 0. The predicted octanol–water partition coefficient (Wildman–Crippen LogP) is 6.60. The average Bonchev–Trinajstić information content (AvgIpc) is 2.60. The molecule has 0 aromatic carbocycles. The minimum absolute atomic E-state index is 0.624. The molecule has 0 N–H and O–H groups in total. The Bertz CT molecular complexity index is 641. The lowest BCUT2D eigenvalue weighted by Gasteiger charge is -2.58. The van der Waals surface area contributed by atoms with Gasteiger partial charge in [-0.3, -0.25) is 4.98 Å². The maximum atomic E-state index is 5.05. The summed E-state index contributed by atoms with van der Waals surface area (Å²) in [6, 6.07) is 4.71. The van der Waals surface area contributed by atoms with E-state index in [0.29, 0.717) is 10.8 Å². The molecule has 0 spiro atoms. The van der Waals surface area contributed by atoms with E-state index >= 15 is 0 Å². The number of aromatic nitrogens is 1. The highest BCUT2D eigenvalue weighted by atomic mass is 14.7. The Morgan fingerprint density at radius 2 is 1.07 bits per heavy atom. The second-order valence-electron chi connectivity index (χ2n) is 12.8. The predicted molar refractivity (Wildman–Crippen MR) is 113 cm³/mol. The van der Waals surface area contributed by atoms with Gasteiger partial charge in [-0.1, -0.05) is 6.07 Å². The SMILES string of the molecule is c1cnc(CC23CC4CC(CC(C4)C2)C3)c(CC23CC4CC(CC(C4)C2)C3)c1. The van der Waals surface area contributed by atoms with Gasteiger partial charge in [-0.15, -0.1) is 0 Å². The summed E-state index contributed by atoms with van der Waals surface area (Å²) in [4.78, 5) is 5.05. The Balaban J connectivity index is 1.17. The fraction of sp³-hybridized carbons (Fsp3) is 0.815. The largest absolute Gasteiger partial charge is 0.261 e. The van der Waals surface area contributed by atoms with Crippen LogP contribution in [0.15, 0.2) is 18.3 Å². The maximum absolute atomic E-state index is 5.05. The highest BCUT2D eigenvalue weighted by Gasteiger charge is 2.52. The van der Waals surface area contributed by atoms with Crippen molar-refractivity contribution in [3.05, 3.63) is 29.6 Å². The van der Waals surface area contributed by atoms with E-state index in [-0.39, 0.29) is 0 Å². The molecule has 0 atom stereocenters. The van der Waals surface area contributed by atoms with Gasteiger partial charge in [0.1, 0.15) is 0 Å². The molecule has 28 heavy (non-hydrogen) atoms. The van der Waals surface area contributed by atoms with E-state index in [9.17, 15) is 0 Å². The van der Waals surface area contributed by atoms with Gasteiger partial charge in [0.2, 0.25) is 0 Å². The van der Waals surface area contributed by atoms with E-state index in [1.54, 1.807) is 44.1 Å². The molecule has 0 unspecified atom stereocenters. The summed E-state index contributed by atoms with van der Waals surface area (Å²) in [6.07, 6.45) is 23.3. The minimum Gasteiger partial charge on any atom is -0.261 e. The molecular formula is C27H37N. The van der Waals surface area contributed by atoms with Crippen LogP contribution in [0.25, 0.3) is 0 Å². The Hall–Kier alpha value is -0.850. The molecule has 8 saturated carbocycles. The maximum Gasteiger partial charge on any atom is 0.0441 e. The lowest BCUT2D eigenvalue weighted by Crippen LogP contribution is -2.48. The highest BCUT2D eigenvalue weighted by Crippen LogP contribution is 2.63. The zero-order valence-electron chi connectivity index (χ0n) is 17.5. The van der Waals surface area contributed by atoms with E-state index in [1.807, 2.05) is 0 Å². The van der Waals surface area contributed by atoms with Crippen molar-refractivity contribution >= 4 is 0 Å². The van der Waals surface area contributed by atoms with Crippen LogP contribution in [-0.4, -0.2) is 4.98 Å². The van der Waals surface area contributed by atoms with Gasteiger partial charge in [0, 0.05) is 11.9 Å². The molecule has 1 aromatic rings. The number of hydrogen-bond acceptors (Lipinski definition) is 1. The Labute approximate surface area is 171 Å². The molecule has 1 heterocycles. The van der Waals surface area contributed by atoms with E-state index in [2.05, 4.69) is 18.3 Å². The molecule has 0 amide bonds. The molecular weight excluding hydrogens is 338 g/mol. The summed E-state index contributed by atoms with van der Waals surface area (Å²) >= 11 is 0. The molecule has 1 aromatic heterocycles. The summed E-state index contributed by atoms with van der Waals surface area (Å²) in [7, 11) is 0. The molecule has 1 heteroatoms. The van der Waals surface area contributed by atoms with Crippen molar-refractivity contribution < 1.29 is 0 Å². The van der Waals surface area contributed by atoms with Gasteiger partial charge >= 0.3 is 0 Å². The van der Waals surface area contributed by atoms with Gasteiger partial charge in [-0.05, 0) is 148 Å². The van der Waals surface area contributed by atoms with Crippen molar-refractivity contribution in [3.63, 3.8) is 0 Å². The van der Waals surface area contributed by atoms with E-state index in [1.165, 1.54) is 57.1 Å². The van der Waals surface area contributed by atoms with Crippen molar-refractivity contribution in [2.45, 2.75) is 89.9 Å². The van der Waals surface area contributed by atoms with Crippen molar-refractivity contribution in [2.24, 2.45) is 46.3 Å². The summed E-state index contributed by atoms with van der Waals surface area (Å²) < 4.78 is 0. The topological polar surface area (TPSA) is 12.9 Å². The summed E-state index contributed by atoms with van der Waals surface area (Å²) in [6.45, 7) is 0. The lowest BCUT2D eigenvalue weighted by atomic mass is 9.47. The van der Waals surface area contributed by atoms with Gasteiger partial charge in [0.15, 0.2) is 0 Å². The minimum atomic E-state index is 0.624. The summed E-state index contributed by atoms with van der Waals surface area (Å²) in [5.74, 6) is 6.36. The first-order valence-electron chi connectivity index (χ1n) is 12.6. The third-order valence-corrected chi connectivity index (χ3v) is 10.4. The van der Waals surface area contributed by atoms with Crippen LogP contribution < -0.4 is 0 Å². The van der Waals surface area contributed by atoms with Crippen LogP contribution in [0.3, 0.4) is 0 Å². The Morgan fingerprint density at radius 3 is 1.54 bits per heavy atom. The Morgan fingerprint density at radius 1 is 0.643 bits per heavy atom. The van der Waals surface area contributed by atoms with Crippen LogP contribution in [0.4, 0.5) is 0 Å². The lowest BCUT2D eigenvalue weighted by molar-refractivity contribution is -0.0558. The zero-order valence-corrected chi connectivity index (χ0v) is 17.5. The second-order valence-corrected chi connectivity index (χ2v) is 12.8. The first-order valence-corrected chi connectivity index (χ1v) is 12.6. The van der Waals surface area contributed by atoms with Crippen LogP contribution in [0, 0.1) is 46.3 Å². The molecule has 8 aliphatic carbocycles. The zero-order chi connectivity index (χ0) is 18.3. The standard InChI is InChI=1S/C27H37N/c1-2-24(16-26-10-18-4-19(11-26)6-20(5-18)12-26)25(28-3-1)17-27-13-21-7-22(14-27)9-23(8-21)15-27/h1-3,18-23H,4-17H2. The fourth-order valence-corrected chi connectivity index (χ4v) is 10.6. The van der Waals surface area contributed by atoms with Crippen LogP contribution in [-0.2, 0) is 12.8 Å². The number of pyridine rings is 1. The first kappa shape index (κ1) is 16.9. The Kier molecular flexibility index (Phi) is 3.53. The van der Waals surface area contributed by atoms with Gasteiger partial charge in [0.25, 0.3) is 0 Å². The third kappa shape index (κ3) is 2.67. The first-order chi connectivity index (χ1) is 13.6. The van der Waals surface area contributed by atoms with Crippen molar-refractivity contribution in [1.29, 1.82) is 0 Å². The molecule has 0 radical (unpaired) electrons. The number of rotatable bonds is 4. The third-order valence-electron chi connectivity index (χ3n) is 10.4. The molecule has 8 bridgehead atoms. The van der Waals surface area contributed by atoms with Crippen molar-refractivity contribution in [3.8, 4) is 0 Å². The van der Waals surface area contributed by atoms with Crippen LogP contribution in [0.1, 0.15) is 88.3 Å². The quantitative estimate of drug-likeness (QED) is 0.578. The average molecular weight is 376 g/mol. The monoisotopic (exact) mass is 375 g/mol. The molecule has 1 nitrogen and oxygen atoms in total. The van der Waals surface area contributed by atoms with E-state index in [4.69, 9.17) is 4.98 Å². The van der Waals surface area contributed by atoms with Crippen molar-refractivity contribution in [1.82, 2.24) is 4.98 Å². The summed E-state index contributed by atoms with van der Waals surface area (Å²) in [5.41, 5.74) is 4.44. The van der Waals surface area contributed by atoms with Crippen molar-refractivity contribution in [2.75, 3.05) is 0 Å². The highest BCUT2D eigenvalue weighted by molar-refractivity contribution is 5.25. The van der Waals surface area contributed by atoms with Gasteiger partial charge in [0.05, 0.1) is 0 Å². The van der Waals surface area contributed by atoms with Crippen LogP contribution in [0.2, 0.25) is 0 Å². The molecule has 0 saturated heterocycles. The number of hydrogen-bond donors (Lipinski definition) is 0. The molecule has 8 aliphatic rings. The normalized spacial score (nSPS) is 50.4. The van der Waals surface area contributed by atoms with E-state index < -0.39 is 0 Å². The smallest absolute Gasteiger partial charge is 0.0441 e. The van der Waals surface area contributed by atoms with E-state index in [0.717, 1.165) is 35.5 Å². The molecule has 8 fully saturated rings. The van der Waals surface area contributed by atoms with Crippen LogP contribution >= 0.6 is 0 Å². The number of nitrogens with zero attached hydrogens (tertiary/aromatic N) is 1. The van der Waals surface area contributed by atoms with Gasteiger partial charge in [-0.2, -0.15) is 0 Å².